The van der Waals surface area contributed by atoms with E-state index in [-0.39, 0.29) is 36.7 Å². The van der Waals surface area contributed by atoms with E-state index >= 15 is 0 Å². The van der Waals surface area contributed by atoms with Crippen LogP contribution in [0.15, 0.2) is 46.9 Å². The molecule has 2 aromatic carbocycles. The number of carbonyl (C=O) groups excluding carboxylic acids is 3. The van der Waals surface area contributed by atoms with Gasteiger partial charge in [-0.15, -0.1) is 0 Å². The van der Waals surface area contributed by atoms with E-state index in [2.05, 4.69) is 26.6 Å². The molecule has 8 heteroatoms. The molecule has 2 aromatic rings. The number of nitrogens with zero attached hydrogens (tertiary/aromatic N) is 2. The Labute approximate surface area is 190 Å². The second-order valence-corrected chi connectivity index (χ2v) is 8.80. The Hall–Kier alpha value is -2.71. The van der Waals surface area contributed by atoms with Crippen LogP contribution < -0.4 is 15.5 Å². The number of amides is 3. The Morgan fingerprint density at radius 2 is 2.00 bits per heavy atom. The van der Waals surface area contributed by atoms with Crippen molar-refractivity contribution in [3.63, 3.8) is 0 Å². The molecule has 2 unspecified atom stereocenters. The van der Waals surface area contributed by atoms with Crippen LogP contribution in [0.3, 0.4) is 0 Å². The van der Waals surface area contributed by atoms with E-state index in [0.29, 0.717) is 17.1 Å². The zero-order valence-corrected chi connectivity index (χ0v) is 19.7. The molecule has 2 atom stereocenters. The molecule has 0 radical (unpaired) electrons. The van der Waals surface area contributed by atoms with Crippen molar-refractivity contribution in [2.45, 2.75) is 39.3 Å². The molecule has 2 N–H and O–H groups in total. The highest BCUT2D eigenvalue weighted by Crippen LogP contribution is 2.31. The van der Waals surface area contributed by atoms with Crippen LogP contribution in [-0.4, -0.2) is 48.3 Å². The van der Waals surface area contributed by atoms with Crippen LogP contribution >= 0.6 is 15.9 Å². The molecular weight excluding hydrogens is 460 g/mol. The lowest BCUT2D eigenvalue weighted by Gasteiger charge is -2.31. The monoisotopic (exact) mass is 486 g/mol. The van der Waals surface area contributed by atoms with E-state index in [0.717, 1.165) is 10.0 Å². The summed E-state index contributed by atoms with van der Waals surface area (Å²) in [6.45, 7) is 5.63. The van der Waals surface area contributed by atoms with E-state index in [1.165, 1.54) is 0 Å². The van der Waals surface area contributed by atoms with E-state index in [1.54, 1.807) is 29.8 Å². The molecule has 31 heavy (non-hydrogen) atoms. The third-order valence-electron chi connectivity index (χ3n) is 5.44. The molecule has 0 aromatic heterocycles. The molecule has 0 aliphatic carbocycles. The van der Waals surface area contributed by atoms with Gasteiger partial charge in [-0.05, 0) is 73.6 Å². The Bertz CT molecular complexity index is 1010. The lowest BCUT2D eigenvalue weighted by Crippen LogP contribution is -2.48. The zero-order valence-electron chi connectivity index (χ0n) is 18.1. The maximum Gasteiger partial charge on any atom is 0.241 e. The number of carbonyl (C=O) groups is 3. The summed E-state index contributed by atoms with van der Waals surface area (Å²) in [6.07, 6.45) is 0.210. The summed E-state index contributed by atoms with van der Waals surface area (Å²) in [6, 6.07) is 12.1. The third kappa shape index (κ3) is 5.32. The Morgan fingerprint density at radius 3 is 2.71 bits per heavy atom. The number of benzene rings is 2. The van der Waals surface area contributed by atoms with Gasteiger partial charge in [-0.25, -0.2) is 0 Å². The minimum atomic E-state index is -0.533. The van der Waals surface area contributed by atoms with E-state index < -0.39 is 6.04 Å². The first kappa shape index (κ1) is 23.0. The fraction of sp³-hybridized carbons (Fsp3) is 0.348. The maximum absolute atomic E-state index is 13.2. The van der Waals surface area contributed by atoms with Gasteiger partial charge in [-0.1, -0.05) is 18.2 Å². The van der Waals surface area contributed by atoms with Crippen LogP contribution in [0.5, 0.6) is 0 Å². The first-order valence-corrected chi connectivity index (χ1v) is 10.9. The highest BCUT2D eigenvalue weighted by atomic mass is 79.9. The predicted molar refractivity (Wildman–Crippen MR) is 126 cm³/mol. The molecule has 0 spiro atoms. The van der Waals surface area contributed by atoms with Crippen molar-refractivity contribution in [3.05, 3.63) is 52.5 Å². The molecule has 0 fully saturated rings. The molecule has 0 saturated carbocycles. The molecule has 1 aliphatic rings. The number of halogens is 1. The number of anilines is 3. The van der Waals surface area contributed by atoms with Crippen molar-refractivity contribution in [2.24, 2.45) is 0 Å². The molecule has 1 heterocycles. The van der Waals surface area contributed by atoms with Crippen LogP contribution in [0, 0.1) is 6.92 Å². The van der Waals surface area contributed by atoms with Gasteiger partial charge >= 0.3 is 0 Å². The van der Waals surface area contributed by atoms with E-state index in [4.69, 9.17) is 0 Å². The molecule has 3 amide bonds. The summed E-state index contributed by atoms with van der Waals surface area (Å²) >= 11 is 3.47. The third-order valence-corrected chi connectivity index (χ3v) is 6.09. The van der Waals surface area contributed by atoms with Crippen LogP contribution in [0.25, 0.3) is 0 Å². The van der Waals surface area contributed by atoms with Gasteiger partial charge in [0.15, 0.2) is 0 Å². The first-order chi connectivity index (χ1) is 14.7. The minimum Gasteiger partial charge on any atom is -0.324 e. The summed E-state index contributed by atoms with van der Waals surface area (Å²) in [5, 5.41) is 5.76. The van der Waals surface area contributed by atoms with Crippen molar-refractivity contribution < 1.29 is 14.4 Å². The lowest BCUT2D eigenvalue weighted by molar-refractivity contribution is -0.123. The second kappa shape index (κ2) is 9.62. The molecular formula is C23H27BrN4O3. The molecule has 1 aliphatic heterocycles. The number of hydrogen-bond acceptors (Lipinski definition) is 4. The van der Waals surface area contributed by atoms with Crippen molar-refractivity contribution in [2.75, 3.05) is 29.1 Å². The fourth-order valence-electron chi connectivity index (χ4n) is 3.55. The summed E-state index contributed by atoms with van der Waals surface area (Å²) in [5.41, 5.74) is 3.05. The summed E-state index contributed by atoms with van der Waals surface area (Å²) < 4.78 is 0.805. The lowest BCUT2D eigenvalue weighted by atomic mass is 10.1. The highest BCUT2D eigenvalue weighted by Gasteiger charge is 2.31. The van der Waals surface area contributed by atoms with Crippen LogP contribution in [0.1, 0.15) is 25.8 Å². The van der Waals surface area contributed by atoms with Gasteiger partial charge < -0.3 is 15.5 Å². The fourth-order valence-corrected chi connectivity index (χ4v) is 4.15. The Kier molecular flexibility index (Phi) is 7.12. The number of aryl methyl sites for hydroxylation is 1. The molecule has 0 bridgehead atoms. The average molecular weight is 487 g/mol. The van der Waals surface area contributed by atoms with Crippen molar-refractivity contribution in [1.82, 2.24) is 4.90 Å². The Morgan fingerprint density at radius 1 is 1.29 bits per heavy atom. The van der Waals surface area contributed by atoms with Crippen LogP contribution in [0.2, 0.25) is 0 Å². The highest BCUT2D eigenvalue weighted by molar-refractivity contribution is 9.10. The van der Waals surface area contributed by atoms with Gasteiger partial charge in [0.1, 0.15) is 0 Å². The van der Waals surface area contributed by atoms with Crippen molar-refractivity contribution in [3.8, 4) is 0 Å². The number of nitrogens with one attached hydrogen (secondary N) is 2. The zero-order chi connectivity index (χ0) is 22.7. The topological polar surface area (TPSA) is 81.8 Å². The van der Waals surface area contributed by atoms with Gasteiger partial charge in [0.05, 0.1) is 29.6 Å². The molecule has 164 valence electrons. The van der Waals surface area contributed by atoms with Crippen molar-refractivity contribution in [1.29, 1.82) is 0 Å². The second-order valence-electron chi connectivity index (χ2n) is 7.95. The van der Waals surface area contributed by atoms with E-state index in [1.807, 2.05) is 50.2 Å². The largest absolute Gasteiger partial charge is 0.324 e. The predicted octanol–water partition coefficient (Wildman–Crippen LogP) is 3.78. The van der Waals surface area contributed by atoms with Crippen LogP contribution in [-0.2, 0) is 14.4 Å². The number of fused-ring (bicyclic) bond motifs is 1. The van der Waals surface area contributed by atoms with E-state index in [9.17, 15) is 14.4 Å². The molecule has 3 rings (SSSR count). The smallest absolute Gasteiger partial charge is 0.241 e. The van der Waals surface area contributed by atoms with Gasteiger partial charge in [0.25, 0.3) is 0 Å². The normalized spacial score (nSPS) is 16.9. The van der Waals surface area contributed by atoms with Gasteiger partial charge in [-0.3, -0.25) is 19.3 Å². The van der Waals surface area contributed by atoms with Gasteiger partial charge in [0, 0.05) is 16.9 Å². The Balaban J connectivity index is 1.71. The average Bonchev–Trinajstić information content (AvgIpc) is 2.83. The summed E-state index contributed by atoms with van der Waals surface area (Å²) in [4.78, 5) is 41.5. The standard InChI is InChI=1S/C23H27BrN4O3/c1-14-9-10-18(17(24)11-14)26-23(31)16(3)27(4)13-22(30)28-15(2)12-21(29)25-19-7-5-6-8-20(19)28/h5-11,15-16H,12-13H2,1-4H3,(H,25,29)(H,26,31). The van der Waals surface area contributed by atoms with Crippen LogP contribution in [0.4, 0.5) is 17.1 Å². The maximum atomic E-state index is 13.2. The number of rotatable bonds is 5. The SMILES string of the molecule is Cc1ccc(NC(=O)C(C)N(C)CC(=O)N2c3ccccc3NC(=O)CC2C)c(Br)c1. The van der Waals surface area contributed by atoms with Gasteiger partial charge in [-0.2, -0.15) is 0 Å². The molecule has 0 saturated heterocycles. The van der Waals surface area contributed by atoms with Crippen molar-refractivity contribution >= 4 is 50.7 Å². The number of para-hydroxylation sites is 2. The van der Waals surface area contributed by atoms with Gasteiger partial charge in [0.2, 0.25) is 17.7 Å². The first-order valence-electron chi connectivity index (χ1n) is 10.2. The summed E-state index contributed by atoms with van der Waals surface area (Å²) in [5.74, 6) is -0.504. The molecule has 7 nitrogen and oxygen atoms in total. The number of hydrogen-bond donors (Lipinski definition) is 2. The minimum absolute atomic E-state index is 0.0382. The quantitative estimate of drug-likeness (QED) is 0.673. The number of likely N-dealkylation sites (N-methyl/N-ethyl adjacent to an activating group) is 1. The summed E-state index contributed by atoms with van der Waals surface area (Å²) in [7, 11) is 1.74.